The van der Waals surface area contributed by atoms with E-state index in [4.69, 9.17) is 4.74 Å². The molecule has 7 nitrogen and oxygen atoms in total. The second-order valence-electron chi connectivity index (χ2n) is 9.74. The zero-order chi connectivity index (χ0) is 23.8. The van der Waals surface area contributed by atoms with Gasteiger partial charge in [0.25, 0.3) is 0 Å². The van der Waals surface area contributed by atoms with E-state index in [9.17, 15) is 19.5 Å². The molecule has 0 aromatic heterocycles. The number of likely N-dealkylation sites (tertiary alicyclic amines) is 1. The molecule has 7 heteroatoms. The van der Waals surface area contributed by atoms with Crippen LogP contribution in [-0.4, -0.2) is 53.7 Å². The van der Waals surface area contributed by atoms with Crippen molar-refractivity contribution in [2.24, 2.45) is 17.8 Å². The normalized spacial score (nSPS) is 25.3. The number of carbonyl (C=O) groups excluding carboxylic acids is 2. The maximum absolute atomic E-state index is 12.9. The maximum atomic E-state index is 12.9. The molecule has 2 fully saturated rings. The molecule has 178 valence electrons. The molecule has 2 aromatic rings. The summed E-state index contributed by atoms with van der Waals surface area (Å²) in [5, 5.41) is 12.4. The monoisotopic (exact) mass is 462 g/mol. The van der Waals surface area contributed by atoms with Crippen LogP contribution in [0.2, 0.25) is 0 Å². The Morgan fingerprint density at radius 2 is 1.71 bits per heavy atom. The average Bonchev–Trinajstić information content (AvgIpc) is 3.55. The third-order valence-electron chi connectivity index (χ3n) is 7.56. The molecule has 0 spiro atoms. The van der Waals surface area contributed by atoms with Crippen LogP contribution < -0.4 is 5.32 Å². The van der Waals surface area contributed by atoms with Crippen LogP contribution in [0.25, 0.3) is 11.1 Å². The Kier molecular flexibility index (Phi) is 6.02. The van der Waals surface area contributed by atoms with Gasteiger partial charge in [0.05, 0.1) is 0 Å². The Morgan fingerprint density at radius 1 is 1.06 bits per heavy atom. The number of nitrogens with zero attached hydrogens (tertiary/aromatic N) is 1. The number of nitrogens with one attached hydrogen (secondary N) is 1. The van der Waals surface area contributed by atoms with Crippen molar-refractivity contribution in [2.75, 3.05) is 19.7 Å². The summed E-state index contributed by atoms with van der Waals surface area (Å²) in [7, 11) is 0. The lowest BCUT2D eigenvalue weighted by Gasteiger charge is -2.37. The Balaban J connectivity index is 1.13. The number of benzene rings is 2. The highest BCUT2D eigenvalue weighted by atomic mass is 16.5. The molecule has 2 amide bonds. The first-order valence-corrected chi connectivity index (χ1v) is 12.1. The van der Waals surface area contributed by atoms with Crippen molar-refractivity contribution in [2.45, 2.75) is 38.1 Å². The van der Waals surface area contributed by atoms with Gasteiger partial charge in [-0.25, -0.2) is 9.59 Å². The molecule has 5 rings (SSSR count). The summed E-state index contributed by atoms with van der Waals surface area (Å²) in [5.41, 5.74) is 4.68. The minimum Gasteiger partial charge on any atom is -0.480 e. The minimum atomic E-state index is -0.936. The third-order valence-corrected chi connectivity index (χ3v) is 7.56. The van der Waals surface area contributed by atoms with Crippen LogP contribution in [0.5, 0.6) is 0 Å². The summed E-state index contributed by atoms with van der Waals surface area (Å²) >= 11 is 0. The molecule has 34 heavy (non-hydrogen) atoms. The van der Waals surface area contributed by atoms with Crippen LogP contribution >= 0.6 is 0 Å². The topological polar surface area (TPSA) is 95.9 Å². The summed E-state index contributed by atoms with van der Waals surface area (Å²) in [6, 6.07) is 15.6. The van der Waals surface area contributed by atoms with Crippen molar-refractivity contribution in [3.05, 3.63) is 59.7 Å². The number of rotatable bonds is 6. The van der Waals surface area contributed by atoms with Crippen molar-refractivity contribution in [1.29, 1.82) is 0 Å². The van der Waals surface area contributed by atoms with Crippen LogP contribution in [0.4, 0.5) is 4.79 Å². The van der Waals surface area contributed by atoms with Gasteiger partial charge < -0.3 is 20.1 Å². The molecule has 3 aliphatic rings. The molecule has 2 aliphatic carbocycles. The van der Waals surface area contributed by atoms with Crippen LogP contribution in [0.15, 0.2) is 48.5 Å². The van der Waals surface area contributed by atoms with E-state index in [1.165, 1.54) is 16.0 Å². The standard InChI is InChI=1S/C27H30N2O5/c1-16-7-6-12-29(24(16)26(31)32)25(30)22-13-17(22)14-28-27(33)34-15-23-20-10-4-2-8-18(20)19-9-3-5-11-21(19)23/h2-5,8-11,16-17,22-24H,6-7,12-15H2,1H3,(H,28,33)(H,31,32). The van der Waals surface area contributed by atoms with E-state index in [1.807, 2.05) is 31.2 Å². The lowest BCUT2D eigenvalue weighted by Crippen LogP contribution is -2.52. The molecular formula is C27H30N2O5. The second kappa shape index (κ2) is 9.12. The number of carboxylic acid groups (broad SMARTS) is 1. The zero-order valence-electron chi connectivity index (χ0n) is 19.3. The largest absolute Gasteiger partial charge is 0.480 e. The highest BCUT2D eigenvalue weighted by Gasteiger charge is 2.48. The molecule has 1 heterocycles. The smallest absolute Gasteiger partial charge is 0.407 e. The number of alkyl carbamates (subject to hydrolysis) is 1. The number of aliphatic carboxylic acids is 1. The predicted molar refractivity (Wildman–Crippen MR) is 126 cm³/mol. The van der Waals surface area contributed by atoms with Gasteiger partial charge in [0, 0.05) is 24.9 Å². The molecule has 1 saturated heterocycles. The lowest BCUT2D eigenvalue weighted by molar-refractivity contribution is -0.155. The summed E-state index contributed by atoms with van der Waals surface area (Å²) in [4.78, 5) is 38.6. The van der Waals surface area contributed by atoms with Crippen molar-refractivity contribution in [3.8, 4) is 11.1 Å². The number of amides is 2. The van der Waals surface area contributed by atoms with Crippen LogP contribution in [0.3, 0.4) is 0 Å². The first-order chi connectivity index (χ1) is 16.5. The van der Waals surface area contributed by atoms with Gasteiger partial charge in [-0.3, -0.25) is 4.79 Å². The van der Waals surface area contributed by atoms with Crippen LogP contribution in [0, 0.1) is 17.8 Å². The average molecular weight is 463 g/mol. The van der Waals surface area contributed by atoms with E-state index in [0.29, 0.717) is 19.5 Å². The fraction of sp³-hybridized carbons (Fsp3) is 0.444. The number of fused-ring (bicyclic) bond motifs is 3. The van der Waals surface area contributed by atoms with Gasteiger partial charge in [-0.05, 0) is 53.4 Å². The molecule has 2 aromatic carbocycles. The van der Waals surface area contributed by atoms with E-state index < -0.39 is 18.1 Å². The Labute approximate surface area is 199 Å². The Bertz CT molecular complexity index is 1070. The lowest BCUT2D eigenvalue weighted by atomic mass is 9.90. The molecule has 4 unspecified atom stereocenters. The molecule has 0 bridgehead atoms. The zero-order valence-corrected chi connectivity index (χ0v) is 19.3. The van der Waals surface area contributed by atoms with Crippen molar-refractivity contribution in [1.82, 2.24) is 10.2 Å². The number of hydrogen-bond donors (Lipinski definition) is 2. The van der Waals surface area contributed by atoms with Crippen molar-refractivity contribution < 1.29 is 24.2 Å². The van der Waals surface area contributed by atoms with E-state index >= 15 is 0 Å². The molecule has 4 atom stereocenters. The van der Waals surface area contributed by atoms with Gasteiger partial charge in [0.2, 0.25) is 5.91 Å². The van der Waals surface area contributed by atoms with E-state index in [2.05, 4.69) is 29.6 Å². The highest BCUT2D eigenvalue weighted by Crippen LogP contribution is 2.44. The number of piperidine rings is 1. The van der Waals surface area contributed by atoms with Crippen LogP contribution in [0.1, 0.15) is 43.2 Å². The fourth-order valence-corrected chi connectivity index (χ4v) is 5.66. The number of carboxylic acids is 1. The number of ether oxygens (including phenoxy) is 1. The SMILES string of the molecule is CC1CCCN(C(=O)C2CC2CNC(=O)OCC2c3ccccc3-c3ccccc32)C1C(=O)O. The van der Waals surface area contributed by atoms with Crippen LogP contribution in [-0.2, 0) is 14.3 Å². The molecule has 1 saturated carbocycles. The summed E-state index contributed by atoms with van der Waals surface area (Å²) in [6.07, 6.45) is 1.82. The van der Waals surface area contributed by atoms with E-state index in [0.717, 1.165) is 24.0 Å². The van der Waals surface area contributed by atoms with Gasteiger partial charge in [-0.15, -0.1) is 0 Å². The second-order valence-corrected chi connectivity index (χ2v) is 9.74. The highest BCUT2D eigenvalue weighted by molar-refractivity contribution is 5.87. The summed E-state index contributed by atoms with van der Waals surface area (Å²) in [6.45, 7) is 2.98. The molecule has 1 aliphatic heterocycles. The number of carbonyl (C=O) groups is 3. The first-order valence-electron chi connectivity index (χ1n) is 12.1. The van der Waals surface area contributed by atoms with Crippen molar-refractivity contribution >= 4 is 18.0 Å². The number of hydrogen-bond acceptors (Lipinski definition) is 4. The van der Waals surface area contributed by atoms with Crippen molar-refractivity contribution in [3.63, 3.8) is 0 Å². The summed E-state index contributed by atoms with van der Waals surface area (Å²) in [5.74, 6) is -1.28. The third kappa shape index (κ3) is 4.15. The van der Waals surface area contributed by atoms with E-state index in [-0.39, 0.29) is 36.2 Å². The minimum absolute atomic E-state index is 0.00226. The maximum Gasteiger partial charge on any atom is 0.407 e. The van der Waals surface area contributed by atoms with E-state index in [1.54, 1.807) is 0 Å². The fourth-order valence-electron chi connectivity index (χ4n) is 5.66. The van der Waals surface area contributed by atoms with Gasteiger partial charge >= 0.3 is 12.1 Å². The molecule has 0 radical (unpaired) electrons. The quantitative estimate of drug-likeness (QED) is 0.679. The molecule has 2 N–H and O–H groups in total. The predicted octanol–water partition coefficient (Wildman–Crippen LogP) is 3.87. The van der Waals surface area contributed by atoms with Gasteiger partial charge in [-0.1, -0.05) is 55.5 Å². The van der Waals surface area contributed by atoms with Gasteiger partial charge in [-0.2, -0.15) is 0 Å². The summed E-state index contributed by atoms with van der Waals surface area (Å²) < 4.78 is 5.57. The van der Waals surface area contributed by atoms with Gasteiger partial charge in [0.15, 0.2) is 0 Å². The Morgan fingerprint density at radius 3 is 2.35 bits per heavy atom. The Hall–Kier alpha value is -3.35. The van der Waals surface area contributed by atoms with Gasteiger partial charge in [0.1, 0.15) is 12.6 Å². The first kappa shape index (κ1) is 22.4. The molecular weight excluding hydrogens is 432 g/mol.